The van der Waals surface area contributed by atoms with Gasteiger partial charge in [-0.3, -0.25) is 14.9 Å². The number of thioether (sulfide) groups is 1. The topological polar surface area (TPSA) is 61.4 Å². The first kappa shape index (κ1) is 25.6. The number of carbonyl (C=O) groups is 2. The molecule has 2 aliphatic heterocycles. The lowest BCUT2D eigenvalue weighted by Crippen LogP contribution is -2.54. The van der Waals surface area contributed by atoms with Crippen LogP contribution in [0.5, 0.6) is 0 Å². The van der Waals surface area contributed by atoms with Gasteiger partial charge in [0.05, 0.1) is 22.4 Å². The number of hydrogen-bond acceptors (Lipinski definition) is 4. The molecule has 2 aliphatic rings. The highest BCUT2D eigenvalue weighted by Gasteiger charge is 2.45. The monoisotopic (exact) mass is 505 g/mol. The number of halogens is 3. The van der Waals surface area contributed by atoms with Crippen LogP contribution in [-0.2, 0) is 22.3 Å². The molecule has 1 spiro atoms. The minimum Gasteiger partial charge on any atom is -0.351 e. The molecule has 2 atom stereocenters. The number of piperidine rings is 1. The molecule has 9 heteroatoms. The second kappa shape index (κ2) is 10.6. The van der Waals surface area contributed by atoms with E-state index in [0.29, 0.717) is 24.4 Å². The Morgan fingerprint density at radius 2 is 1.86 bits per heavy atom. The van der Waals surface area contributed by atoms with Gasteiger partial charge in [0.2, 0.25) is 11.8 Å². The summed E-state index contributed by atoms with van der Waals surface area (Å²) in [7, 11) is 0. The third kappa shape index (κ3) is 6.01. The highest BCUT2D eigenvalue weighted by Crippen LogP contribution is 2.40. The number of nitrogens with one attached hydrogen (secondary N) is 2. The maximum absolute atomic E-state index is 13.2. The zero-order valence-electron chi connectivity index (χ0n) is 19.6. The lowest BCUT2D eigenvalue weighted by atomic mass is 9.93. The number of benzene rings is 2. The van der Waals surface area contributed by atoms with Crippen molar-refractivity contribution in [2.24, 2.45) is 0 Å². The molecule has 188 valence electrons. The van der Waals surface area contributed by atoms with Gasteiger partial charge in [-0.05, 0) is 42.5 Å². The molecule has 2 amide bonds. The second-order valence-corrected chi connectivity index (χ2v) is 10.5. The molecule has 2 heterocycles. The van der Waals surface area contributed by atoms with E-state index in [2.05, 4.69) is 10.6 Å². The summed E-state index contributed by atoms with van der Waals surface area (Å²) in [6.07, 6.45) is -2.19. The third-order valence-corrected chi connectivity index (χ3v) is 8.37. The molecule has 35 heavy (non-hydrogen) atoms. The first-order valence-corrected chi connectivity index (χ1v) is 12.9. The van der Waals surface area contributed by atoms with Gasteiger partial charge in [-0.25, -0.2) is 0 Å². The Morgan fingerprint density at radius 3 is 2.51 bits per heavy atom. The SMILES string of the molecule is CCC(C(=O)N1CCC2(CC1)NC(C(=O)NCc1cccc(C(F)(F)F)c1)CS2)c1ccccc1. The minimum atomic E-state index is -4.41. The maximum Gasteiger partial charge on any atom is 0.416 e. The molecule has 5 nitrogen and oxygen atoms in total. The zero-order chi connectivity index (χ0) is 25.1. The van der Waals surface area contributed by atoms with Crippen LogP contribution in [0.2, 0.25) is 0 Å². The van der Waals surface area contributed by atoms with Gasteiger partial charge in [0.15, 0.2) is 0 Å². The highest BCUT2D eigenvalue weighted by atomic mass is 32.2. The molecule has 2 saturated heterocycles. The minimum absolute atomic E-state index is 0.0404. The molecule has 2 aromatic carbocycles. The van der Waals surface area contributed by atoms with Gasteiger partial charge in [-0.1, -0.05) is 49.4 Å². The Bertz CT molecular complexity index is 1040. The standard InChI is InChI=1S/C26H30F3N3O2S/c1-2-21(19-8-4-3-5-9-19)24(34)32-13-11-25(12-14-32)31-22(17-35-25)23(33)30-16-18-7-6-10-20(15-18)26(27,28)29/h3-10,15,21-22,31H,2,11-14,16-17H2,1H3,(H,30,33). The summed E-state index contributed by atoms with van der Waals surface area (Å²) in [5.74, 6) is 0.361. The Balaban J connectivity index is 1.29. The van der Waals surface area contributed by atoms with E-state index in [1.165, 1.54) is 6.07 Å². The summed E-state index contributed by atoms with van der Waals surface area (Å²) < 4.78 is 38.8. The van der Waals surface area contributed by atoms with Crippen LogP contribution in [0.15, 0.2) is 54.6 Å². The number of hydrogen-bond donors (Lipinski definition) is 2. The van der Waals surface area contributed by atoms with Gasteiger partial charge in [-0.2, -0.15) is 13.2 Å². The highest BCUT2D eigenvalue weighted by molar-refractivity contribution is 8.01. The van der Waals surface area contributed by atoms with Gasteiger partial charge >= 0.3 is 6.18 Å². The summed E-state index contributed by atoms with van der Waals surface area (Å²) in [4.78, 5) is 27.6. The molecular formula is C26H30F3N3O2S. The van der Waals surface area contributed by atoms with Gasteiger partial charge in [0, 0.05) is 25.4 Å². The Labute approximate surface area is 207 Å². The second-order valence-electron chi connectivity index (χ2n) is 9.11. The smallest absolute Gasteiger partial charge is 0.351 e. The van der Waals surface area contributed by atoms with Crippen LogP contribution in [0.25, 0.3) is 0 Å². The van der Waals surface area contributed by atoms with Crippen molar-refractivity contribution in [1.29, 1.82) is 0 Å². The molecule has 0 radical (unpaired) electrons. The number of nitrogens with zero attached hydrogens (tertiary/aromatic N) is 1. The Hall–Kier alpha value is -2.52. The van der Waals surface area contributed by atoms with Gasteiger partial charge in [0.25, 0.3) is 0 Å². The van der Waals surface area contributed by atoms with Crippen molar-refractivity contribution < 1.29 is 22.8 Å². The number of carbonyl (C=O) groups excluding carboxylic acids is 2. The Kier molecular flexibility index (Phi) is 7.76. The number of alkyl halides is 3. The fourth-order valence-electron chi connectivity index (χ4n) is 4.79. The fraction of sp³-hybridized carbons (Fsp3) is 0.462. The summed E-state index contributed by atoms with van der Waals surface area (Å²) in [6, 6.07) is 14.4. The number of amides is 2. The van der Waals surface area contributed by atoms with Crippen molar-refractivity contribution in [1.82, 2.24) is 15.5 Å². The summed E-state index contributed by atoms with van der Waals surface area (Å²) in [6.45, 7) is 3.32. The summed E-state index contributed by atoms with van der Waals surface area (Å²) in [5.41, 5.74) is 0.715. The molecule has 2 fully saturated rings. The van der Waals surface area contributed by atoms with Crippen molar-refractivity contribution in [3.05, 3.63) is 71.3 Å². The normalized spacial score (nSPS) is 20.6. The van der Waals surface area contributed by atoms with E-state index in [0.717, 1.165) is 37.0 Å². The molecule has 4 rings (SSSR count). The van der Waals surface area contributed by atoms with Gasteiger partial charge < -0.3 is 10.2 Å². The van der Waals surface area contributed by atoms with E-state index in [1.807, 2.05) is 42.2 Å². The van der Waals surface area contributed by atoms with Gasteiger partial charge in [-0.15, -0.1) is 11.8 Å². The molecule has 0 bridgehead atoms. The van der Waals surface area contributed by atoms with Crippen LogP contribution in [0.4, 0.5) is 13.2 Å². The summed E-state index contributed by atoms with van der Waals surface area (Å²) >= 11 is 1.70. The van der Waals surface area contributed by atoms with Crippen molar-refractivity contribution in [2.45, 2.75) is 55.7 Å². The van der Waals surface area contributed by atoms with Crippen LogP contribution in [0.1, 0.15) is 48.8 Å². The third-order valence-electron chi connectivity index (χ3n) is 6.79. The molecule has 0 aliphatic carbocycles. The number of rotatable bonds is 6. The van der Waals surface area contributed by atoms with Crippen molar-refractivity contribution >= 4 is 23.6 Å². The largest absolute Gasteiger partial charge is 0.416 e. The first-order chi connectivity index (χ1) is 16.7. The van der Waals surface area contributed by atoms with Crippen LogP contribution in [-0.4, -0.2) is 46.5 Å². The average Bonchev–Trinajstić information content (AvgIpc) is 3.27. The Morgan fingerprint density at radius 1 is 1.14 bits per heavy atom. The van der Waals surface area contributed by atoms with Crippen LogP contribution < -0.4 is 10.6 Å². The first-order valence-electron chi connectivity index (χ1n) is 11.9. The molecule has 2 unspecified atom stereocenters. The lowest BCUT2D eigenvalue weighted by Gasteiger charge is -2.40. The van der Waals surface area contributed by atoms with E-state index < -0.39 is 17.8 Å². The lowest BCUT2D eigenvalue weighted by molar-refractivity contribution is -0.137. The molecule has 2 N–H and O–H groups in total. The predicted octanol–water partition coefficient (Wildman–Crippen LogP) is 4.54. The van der Waals surface area contributed by atoms with E-state index in [9.17, 15) is 22.8 Å². The van der Waals surface area contributed by atoms with Crippen molar-refractivity contribution in [3.8, 4) is 0 Å². The fourth-order valence-corrected chi connectivity index (χ4v) is 6.21. The summed E-state index contributed by atoms with van der Waals surface area (Å²) in [5, 5.41) is 6.21. The van der Waals surface area contributed by atoms with Crippen LogP contribution in [0.3, 0.4) is 0 Å². The van der Waals surface area contributed by atoms with E-state index >= 15 is 0 Å². The van der Waals surface area contributed by atoms with Gasteiger partial charge in [0.1, 0.15) is 0 Å². The van der Waals surface area contributed by atoms with Crippen molar-refractivity contribution in [3.63, 3.8) is 0 Å². The van der Waals surface area contributed by atoms with Crippen LogP contribution >= 0.6 is 11.8 Å². The molecule has 2 aromatic rings. The number of likely N-dealkylation sites (tertiary alicyclic amines) is 1. The van der Waals surface area contributed by atoms with Crippen molar-refractivity contribution in [2.75, 3.05) is 18.8 Å². The van der Waals surface area contributed by atoms with E-state index in [-0.39, 0.29) is 29.1 Å². The van der Waals surface area contributed by atoms with E-state index in [1.54, 1.807) is 17.8 Å². The quantitative estimate of drug-likeness (QED) is 0.605. The maximum atomic E-state index is 13.2. The average molecular weight is 506 g/mol. The van der Waals surface area contributed by atoms with E-state index in [4.69, 9.17) is 0 Å². The molecule has 0 saturated carbocycles. The zero-order valence-corrected chi connectivity index (χ0v) is 20.4. The molecular weight excluding hydrogens is 475 g/mol. The molecule has 0 aromatic heterocycles. The predicted molar refractivity (Wildman–Crippen MR) is 131 cm³/mol. The van der Waals surface area contributed by atoms with Crippen LogP contribution in [0, 0.1) is 0 Å².